The van der Waals surface area contributed by atoms with Crippen molar-refractivity contribution in [1.82, 2.24) is 5.09 Å². The van der Waals surface area contributed by atoms with Gasteiger partial charge in [0.05, 0.1) is 18.1 Å². The van der Waals surface area contributed by atoms with Crippen LogP contribution in [-0.2, 0) is 28.2 Å². The molecule has 0 heterocycles. The number of nitro groups is 1. The summed E-state index contributed by atoms with van der Waals surface area (Å²) >= 11 is 4.96. The highest BCUT2D eigenvalue weighted by molar-refractivity contribution is 7.80. The Labute approximate surface area is 348 Å². The molecule has 0 aliphatic heterocycles. The standard InChI is InChI=1S/C21H27N2O7P.C9H19NO2.C6H6ClO3P.2CH4.ClH/c1-4-17(5-2)15-28-21(24)16(3)22-31(27,29-19-9-7-6-8-10-19)30-20-13-11-18(12-14-20)23(25)26;1-4-8(5-2)6-12-9(11)7(3)10;7-11(8,9)10-6-4-2-1-3-5-6;;;/h6-14,16-17H,4-5,15H2,1-3H3,(H,22,27);7-8H,4-6,10H2,1-3H3;1-5H,(H,8,9);2*1H4;1H/t16-,31?;7-;;;;/m00..../s1. The lowest BCUT2D eigenvalue weighted by atomic mass is 10.1. The maximum Gasteiger partial charge on any atom is 0.513 e. The molecular formula is C38H61Cl2N3O12P2. The number of non-ortho nitro benzene ring substituents is 1. The van der Waals surface area contributed by atoms with Crippen LogP contribution in [0.3, 0.4) is 0 Å². The second kappa shape index (κ2) is 30.4. The van der Waals surface area contributed by atoms with Gasteiger partial charge in [-0.25, -0.2) is 9.13 Å². The highest BCUT2D eigenvalue weighted by Crippen LogP contribution is 2.47. The van der Waals surface area contributed by atoms with E-state index in [0.717, 1.165) is 25.7 Å². The topological polar surface area (TPSA) is 216 Å². The summed E-state index contributed by atoms with van der Waals surface area (Å²) in [5, 5.41) is 13.4. The molecule has 0 aliphatic rings. The van der Waals surface area contributed by atoms with Gasteiger partial charge in [-0.1, -0.05) is 105 Å². The SMILES string of the molecule is C.C.CCC(CC)COC(=O)[C@H](C)N.CCC(CC)COC(=O)[C@H](C)NP(=O)(Oc1ccccc1)Oc1ccc([N+](=O)[O-])cc1.Cl.O=P(O)(Cl)Oc1ccccc1. The Morgan fingerprint density at radius 3 is 1.46 bits per heavy atom. The first-order valence-corrected chi connectivity index (χ1v) is 21.4. The Morgan fingerprint density at radius 1 is 0.737 bits per heavy atom. The first-order chi connectivity index (χ1) is 25.4. The van der Waals surface area contributed by atoms with Crippen LogP contribution in [0.2, 0.25) is 0 Å². The van der Waals surface area contributed by atoms with Crippen LogP contribution in [0.5, 0.6) is 17.2 Å². The molecule has 324 valence electrons. The lowest BCUT2D eigenvalue weighted by Crippen LogP contribution is -2.36. The van der Waals surface area contributed by atoms with E-state index in [1.165, 1.54) is 31.2 Å². The molecule has 4 N–H and O–H groups in total. The van der Waals surface area contributed by atoms with Gasteiger partial charge in [0.25, 0.3) is 5.69 Å². The monoisotopic (exact) mass is 883 g/mol. The van der Waals surface area contributed by atoms with Crippen LogP contribution in [0.15, 0.2) is 84.9 Å². The Bertz CT molecular complexity index is 1630. The van der Waals surface area contributed by atoms with Gasteiger partial charge < -0.3 is 33.7 Å². The van der Waals surface area contributed by atoms with E-state index >= 15 is 0 Å². The van der Waals surface area contributed by atoms with Crippen LogP contribution in [0.4, 0.5) is 5.69 Å². The maximum absolute atomic E-state index is 13.4. The predicted octanol–water partition coefficient (Wildman–Crippen LogP) is 10.5. The summed E-state index contributed by atoms with van der Waals surface area (Å²) in [6, 6.07) is 20.1. The van der Waals surface area contributed by atoms with Crippen LogP contribution < -0.4 is 24.4 Å². The minimum Gasteiger partial charge on any atom is -0.464 e. The molecule has 0 saturated heterocycles. The molecule has 0 bridgehead atoms. The van der Waals surface area contributed by atoms with Crippen LogP contribution in [0.1, 0.15) is 82.1 Å². The minimum atomic E-state index is -4.09. The van der Waals surface area contributed by atoms with Crippen LogP contribution in [-0.4, -0.2) is 47.1 Å². The molecule has 3 aromatic rings. The van der Waals surface area contributed by atoms with Gasteiger partial charge in [0.15, 0.2) is 0 Å². The summed E-state index contributed by atoms with van der Waals surface area (Å²) in [5.41, 5.74) is 5.19. The fourth-order valence-corrected chi connectivity index (χ4v) is 6.21. The van der Waals surface area contributed by atoms with E-state index in [0.29, 0.717) is 12.5 Å². The Kier molecular flexibility index (Phi) is 30.7. The normalized spacial score (nSPS) is 13.2. The van der Waals surface area contributed by atoms with Gasteiger partial charge in [-0.2, -0.15) is 5.09 Å². The van der Waals surface area contributed by atoms with Crippen LogP contribution >= 0.6 is 38.3 Å². The highest BCUT2D eigenvalue weighted by Gasteiger charge is 2.34. The van der Waals surface area contributed by atoms with Gasteiger partial charge in [-0.3, -0.25) is 19.7 Å². The van der Waals surface area contributed by atoms with Crippen molar-refractivity contribution in [3.8, 4) is 17.2 Å². The smallest absolute Gasteiger partial charge is 0.464 e. The number of hydrogen-bond donors (Lipinski definition) is 3. The van der Waals surface area contributed by atoms with E-state index in [4.69, 9.17) is 40.4 Å². The van der Waals surface area contributed by atoms with Crippen molar-refractivity contribution in [3.63, 3.8) is 0 Å². The van der Waals surface area contributed by atoms with Gasteiger partial charge in [0, 0.05) is 23.4 Å². The van der Waals surface area contributed by atoms with Crippen molar-refractivity contribution in [1.29, 1.82) is 0 Å². The van der Waals surface area contributed by atoms with Crippen molar-refractivity contribution >= 4 is 56.0 Å². The number of ether oxygens (including phenoxy) is 2. The number of hydrogen-bond acceptors (Lipinski definition) is 12. The summed E-state index contributed by atoms with van der Waals surface area (Å²) < 4.78 is 49.8. The first-order valence-electron chi connectivity index (χ1n) is 17.4. The fraction of sp³-hybridized carbons (Fsp3) is 0.474. The zero-order valence-electron chi connectivity index (χ0n) is 31.8. The third-order valence-corrected chi connectivity index (χ3v) is 9.76. The molecule has 3 aromatic carbocycles. The average molecular weight is 885 g/mol. The number of halogens is 2. The van der Waals surface area contributed by atoms with Crippen molar-refractivity contribution in [2.24, 2.45) is 17.6 Å². The van der Waals surface area contributed by atoms with Gasteiger partial charge in [-0.15, -0.1) is 12.4 Å². The van der Waals surface area contributed by atoms with Crippen LogP contribution in [0.25, 0.3) is 0 Å². The molecule has 2 unspecified atom stereocenters. The van der Waals surface area contributed by atoms with E-state index in [1.807, 2.05) is 13.8 Å². The highest BCUT2D eigenvalue weighted by atomic mass is 35.7. The third kappa shape index (κ3) is 25.3. The molecule has 19 heteroatoms. The summed E-state index contributed by atoms with van der Waals surface area (Å²) in [5.74, 6) is 0.465. The van der Waals surface area contributed by atoms with E-state index in [9.17, 15) is 28.8 Å². The fourth-order valence-electron chi connectivity index (χ4n) is 4.07. The second-order valence-electron chi connectivity index (χ2n) is 11.9. The minimum absolute atomic E-state index is 0. The largest absolute Gasteiger partial charge is 0.513 e. The first kappa shape index (κ1) is 57.6. The molecule has 0 saturated carbocycles. The zero-order valence-corrected chi connectivity index (χ0v) is 35.1. The number of para-hydroxylation sites is 2. The summed E-state index contributed by atoms with van der Waals surface area (Å²) in [7, 11) is -4.09. The van der Waals surface area contributed by atoms with E-state index in [1.54, 1.807) is 67.6 Å². The molecule has 0 radical (unpaired) electrons. The molecule has 0 aliphatic carbocycles. The number of rotatable bonds is 19. The Balaban J connectivity index is -0.000000926. The van der Waals surface area contributed by atoms with Crippen molar-refractivity contribution < 1.29 is 51.6 Å². The lowest BCUT2D eigenvalue weighted by Gasteiger charge is -2.23. The Hall–Kier alpha value is -3.68. The Morgan fingerprint density at radius 2 is 1.11 bits per heavy atom. The molecule has 0 spiro atoms. The van der Waals surface area contributed by atoms with E-state index < -0.39 is 37.7 Å². The lowest BCUT2D eigenvalue weighted by molar-refractivity contribution is -0.384. The maximum atomic E-state index is 13.4. The second-order valence-corrected chi connectivity index (χ2v) is 15.8. The average Bonchev–Trinajstić information content (AvgIpc) is 3.13. The van der Waals surface area contributed by atoms with Crippen molar-refractivity contribution in [2.45, 2.75) is 94.2 Å². The zero-order chi connectivity index (χ0) is 40.7. The summed E-state index contributed by atoms with van der Waals surface area (Å²) in [6.07, 6.45) is 3.85. The molecule has 3 rings (SSSR count). The van der Waals surface area contributed by atoms with E-state index in [-0.39, 0.29) is 68.7 Å². The van der Waals surface area contributed by atoms with Crippen molar-refractivity contribution in [2.75, 3.05) is 13.2 Å². The molecule has 57 heavy (non-hydrogen) atoms. The summed E-state index contributed by atoms with van der Waals surface area (Å²) in [4.78, 5) is 42.2. The van der Waals surface area contributed by atoms with Gasteiger partial charge in [0.1, 0.15) is 29.3 Å². The number of carbonyl (C=O) groups excluding carboxylic acids is 2. The number of esters is 2. The third-order valence-electron chi connectivity index (χ3n) is 7.51. The molecule has 4 atom stereocenters. The summed E-state index contributed by atoms with van der Waals surface area (Å²) in [6.45, 7) is 8.21. The number of nitrogens with one attached hydrogen (secondary N) is 1. The predicted molar refractivity (Wildman–Crippen MR) is 228 cm³/mol. The number of nitro benzene ring substituents is 1. The molecule has 15 nitrogen and oxygen atoms in total. The number of nitrogens with two attached hydrogens (primary N) is 1. The van der Waals surface area contributed by atoms with Gasteiger partial charge in [-0.05, 0) is 62.1 Å². The molecule has 0 aromatic heterocycles. The van der Waals surface area contributed by atoms with Crippen molar-refractivity contribution in [3.05, 3.63) is 95.0 Å². The molecular weight excluding hydrogens is 823 g/mol. The van der Waals surface area contributed by atoms with Gasteiger partial charge >= 0.3 is 26.6 Å². The number of carbonyl (C=O) groups is 2. The quantitative estimate of drug-likeness (QED) is 0.0442. The molecule has 0 amide bonds. The van der Waals surface area contributed by atoms with Crippen LogP contribution in [0, 0.1) is 22.0 Å². The number of nitrogens with zero attached hydrogens (tertiary/aromatic N) is 1. The van der Waals surface area contributed by atoms with E-state index in [2.05, 4.69) is 23.5 Å². The van der Waals surface area contributed by atoms with Gasteiger partial charge in [0.2, 0.25) is 0 Å². The molecule has 0 fully saturated rings. The number of benzene rings is 3.